The van der Waals surface area contributed by atoms with Crippen LogP contribution in [0.5, 0.6) is 5.88 Å². The van der Waals surface area contributed by atoms with Crippen molar-refractivity contribution in [1.29, 1.82) is 0 Å². The Bertz CT molecular complexity index is 788. The highest BCUT2D eigenvalue weighted by atomic mass is 16.5. The summed E-state index contributed by atoms with van der Waals surface area (Å²) in [6, 6.07) is 0.116. The van der Waals surface area contributed by atoms with E-state index in [0.717, 1.165) is 30.2 Å². The lowest BCUT2D eigenvalue weighted by atomic mass is 10.1. The van der Waals surface area contributed by atoms with Crippen molar-refractivity contribution in [3.8, 4) is 5.88 Å². The number of anilines is 1. The molecule has 0 bridgehead atoms. The standard InChI is InChI=1S/C18H26N6O2/c1-12-15(13(2)23(3)22-12)5-6-16(25)21-14-7-10-24(11-14)17-18(26-4)20-9-8-19-17/h8-9,14H,5-7,10-11H2,1-4H3,(H,21,25). The van der Waals surface area contributed by atoms with E-state index in [4.69, 9.17) is 4.74 Å². The van der Waals surface area contributed by atoms with E-state index in [0.29, 0.717) is 25.3 Å². The van der Waals surface area contributed by atoms with Crippen molar-refractivity contribution >= 4 is 11.7 Å². The molecule has 1 fully saturated rings. The summed E-state index contributed by atoms with van der Waals surface area (Å²) in [6.07, 6.45) is 5.34. The molecule has 140 valence electrons. The average Bonchev–Trinajstić information content (AvgIpc) is 3.18. The van der Waals surface area contributed by atoms with E-state index in [1.807, 2.05) is 25.6 Å². The minimum atomic E-state index is 0.0746. The molecule has 1 atom stereocenters. The van der Waals surface area contributed by atoms with E-state index < -0.39 is 0 Å². The average molecular weight is 358 g/mol. The van der Waals surface area contributed by atoms with Crippen molar-refractivity contribution in [2.75, 3.05) is 25.1 Å². The maximum atomic E-state index is 12.4. The molecular formula is C18H26N6O2. The van der Waals surface area contributed by atoms with Gasteiger partial charge >= 0.3 is 0 Å². The Hall–Kier alpha value is -2.64. The molecule has 0 aromatic carbocycles. The number of hydrogen-bond donors (Lipinski definition) is 1. The fraction of sp³-hybridized carbons (Fsp3) is 0.556. The van der Waals surface area contributed by atoms with Gasteiger partial charge < -0.3 is 15.0 Å². The molecule has 2 aromatic rings. The molecule has 1 N–H and O–H groups in total. The number of ether oxygens (including phenoxy) is 1. The Balaban J connectivity index is 1.53. The summed E-state index contributed by atoms with van der Waals surface area (Å²) in [4.78, 5) is 23.0. The van der Waals surface area contributed by atoms with Gasteiger partial charge in [-0.2, -0.15) is 5.10 Å². The number of aryl methyl sites for hydroxylation is 2. The molecule has 1 saturated heterocycles. The van der Waals surface area contributed by atoms with Gasteiger partial charge in [-0.15, -0.1) is 0 Å². The number of methoxy groups -OCH3 is 1. The minimum Gasteiger partial charge on any atom is -0.478 e. The second-order valence-electron chi connectivity index (χ2n) is 6.66. The van der Waals surface area contributed by atoms with Crippen LogP contribution >= 0.6 is 0 Å². The van der Waals surface area contributed by atoms with Crippen LogP contribution in [0.1, 0.15) is 29.8 Å². The van der Waals surface area contributed by atoms with Crippen LogP contribution in [0.4, 0.5) is 5.82 Å². The maximum absolute atomic E-state index is 12.4. The molecule has 1 aliphatic rings. The number of aromatic nitrogens is 4. The molecule has 0 aliphatic carbocycles. The lowest BCUT2D eigenvalue weighted by Crippen LogP contribution is -2.37. The molecule has 1 unspecified atom stereocenters. The van der Waals surface area contributed by atoms with E-state index >= 15 is 0 Å². The number of carbonyl (C=O) groups is 1. The monoisotopic (exact) mass is 358 g/mol. The van der Waals surface area contributed by atoms with E-state index in [9.17, 15) is 4.79 Å². The number of carbonyl (C=O) groups excluding carboxylic acids is 1. The summed E-state index contributed by atoms with van der Waals surface area (Å²) in [5, 5.41) is 7.54. The second-order valence-corrected chi connectivity index (χ2v) is 6.66. The number of amides is 1. The molecule has 8 heteroatoms. The van der Waals surface area contributed by atoms with Crippen molar-refractivity contribution in [2.45, 2.75) is 39.2 Å². The first-order chi connectivity index (χ1) is 12.5. The first kappa shape index (κ1) is 18.2. The van der Waals surface area contributed by atoms with Crippen LogP contribution in [0.25, 0.3) is 0 Å². The first-order valence-electron chi connectivity index (χ1n) is 8.88. The minimum absolute atomic E-state index is 0.0746. The van der Waals surface area contributed by atoms with Crippen molar-refractivity contribution in [3.05, 3.63) is 29.3 Å². The Kier molecular flexibility index (Phi) is 5.39. The molecule has 26 heavy (non-hydrogen) atoms. The van der Waals surface area contributed by atoms with Gasteiger partial charge in [0, 0.05) is 50.7 Å². The molecule has 2 aromatic heterocycles. The third-order valence-electron chi connectivity index (χ3n) is 4.95. The third kappa shape index (κ3) is 3.79. The molecule has 1 aliphatic heterocycles. The molecular weight excluding hydrogens is 332 g/mol. The largest absolute Gasteiger partial charge is 0.478 e. The van der Waals surface area contributed by atoms with Gasteiger partial charge in [0.25, 0.3) is 5.88 Å². The summed E-state index contributed by atoms with van der Waals surface area (Å²) in [5.41, 5.74) is 3.29. The second kappa shape index (κ2) is 7.72. The summed E-state index contributed by atoms with van der Waals surface area (Å²) < 4.78 is 7.14. The van der Waals surface area contributed by atoms with Crippen molar-refractivity contribution < 1.29 is 9.53 Å². The van der Waals surface area contributed by atoms with Crippen molar-refractivity contribution in [1.82, 2.24) is 25.1 Å². The van der Waals surface area contributed by atoms with Gasteiger partial charge in [0.15, 0.2) is 5.82 Å². The van der Waals surface area contributed by atoms with Crippen LogP contribution in [0.15, 0.2) is 12.4 Å². The smallest absolute Gasteiger partial charge is 0.257 e. The fourth-order valence-electron chi connectivity index (χ4n) is 3.47. The Morgan fingerprint density at radius 1 is 1.35 bits per heavy atom. The Morgan fingerprint density at radius 3 is 2.81 bits per heavy atom. The lowest BCUT2D eigenvalue weighted by Gasteiger charge is -2.19. The molecule has 3 rings (SSSR count). The van der Waals surface area contributed by atoms with E-state index in [1.54, 1.807) is 19.5 Å². The van der Waals surface area contributed by atoms with Gasteiger partial charge in [0.05, 0.1) is 12.8 Å². The normalized spacial score (nSPS) is 16.8. The first-order valence-corrected chi connectivity index (χ1v) is 8.88. The zero-order valence-corrected chi connectivity index (χ0v) is 15.8. The SMILES string of the molecule is COc1nccnc1N1CCC(NC(=O)CCc2c(C)nn(C)c2C)C1. The van der Waals surface area contributed by atoms with Crippen LogP contribution in [0, 0.1) is 13.8 Å². The zero-order valence-electron chi connectivity index (χ0n) is 15.8. The molecule has 0 saturated carbocycles. The van der Waals surface area contributed by atoms with Crippen molar-refractivity contribution in [3.63, 3.8) is 0 Å². The van der Waals surface area contributed by atoms with Crippen LogP contribution in [-0.4, -0.2) is 51.9 Å². The van der Waals surface area contributed by atoms with Gasteiger partial charge in [-0.05, 0) is 32.3 Å². The van der Waals surface area contributed by atoms with Crippen LogP contribution in [0.3, 0.4) is 0 Å². The molecule has 3 heterocycles. The fourth-order valence-corrected chi connectivity index (χ4v) is 3.47. The number of hydrogen-bond acceptors (Lipinski definition) is 6. The highest BCUT2D eigenvalue weighted by molar-refractivity contribution is 5.76. The Labute approximate surface area is 153 Å². The predicted octanol–water partition coefficient (Wildman–Crippen LogP) is 1.16. The van der Waals surface area contributed by atoms with Crippen LogP contribution in [-0.2, 0) is 18.3 Å². The Morgan fingerprint density at radius 2 is 2.12 bits per heavy atom. The number of nitrogens with one attached hydrogen (secondary N) is 1. The summed E-state index contributed by atoms with van der Waals surface area (Å²) in [7, 11) is 3.52. The zero-order chi connectivity index (χ0) is 18.7. The summed E-state index contributed by atoms with van der Waals surface area (Å²) in [5.74, 6) is 1.32. The van der Waals surface area contributed by atoms with Crippen molar-refractivity contribution in [2.24, 2.45) is 7.05 Å². The highest BCUT2D eigenvalue weighted by Crippen LogP contribution is 2.25. The van der Waals surface area contributed by atoms with Gasteiger partial charge in [-0.25, -0.2) is 9.97 Å². The van der Waals surface area contributed by atoms with Gasteiger partial charge in [0.1, 0.15) is 0 Å². The predicted molar refractivity (Wildman–Crippen MR) is 98.3 cm³/mol. The molecule has 1 amide bonds. The van der Waals surface area contributed by atoms with E-state index in [-0.39, 0.29) is 11.9 Å². The van der Waals surface area contributed by atoms with Gasteiger partial charge in [0.2, 0.25) is 5.91 Å². The summed E-state index contributed by atoms with van der Waals surface area (Å²) in [6.45, 7) is 5.56. The number of rotatable bonds is 6. The van der Waals surface area contributed by atoms with Gasteiger partial charge in [-0.1, -0.05) is 0 Å². The van der Waals surface area contributed by atoms with Crippen LogP contribution in [0.2, 0.25) is 0 Å². The maximum Gasteiger partial charge on any atom is 0.257 e. The molecule has 0 spiro atoms. The lowest BCUT2D eigenvalue weighted by molar-refractivity contribution is -0.121. The van der Waals surface area contributed by atoms with E-state index in [1.165, 1.54) is 5.56 Å². The van der Waals surface area contributed by atoms with Crippen LogP contribution < -0.4 is 15.0 Å². The quantitative estimate of drug-likeness (QED) is 0.834. The van der Waals surface area contributed by atoms with Gasteiger partial charge in [-0.3, -0.25) is 9.48 Å². The molecule has 8 nitrogen and oxygen atoms in total. The highest BCUT2D eigenvalue weighted by Gasteiger charge is 2.27. The molecule has 0 radical (unpaired) electrons. The third-order valence-corrected chi connectivity index (χ3v) is 4.95. The topological polar surface area (TPSA) is 85.2 Å². The summed E-state index contributed by atoms with van der Waals surface area (Å²) >= 11 is 0. The van der Waals surface area contributed by atoms with E-state index in [2.05, 4.69) is 25.3 Å². The number of nitrogens with zero attached hydrogens (tertiary/aromatic N) is 5.